The van der Waals surface area contributed by atoms with E-state index in [0.29, 0.717) is 11.8 Å². The molecule has 0 aromatic heterocycles. The van der Waals surface area contributed by atoms with Crippen LogP contribution in [-0.4, -0.2) is 83.3 Å². The first kappa shape index (κ1) is 28.2. The Morgan fingerprint density at radius 3 is 2.56 bits per heavy atom. The molecular formula is C26H34N6O6S. The fourth-order valence-corrected chi connectivity index (χ4v) is 5.71. The van der Waals surface area contributed by atoms with Crippen molar-refractivity contribution in [3.05, 3.63) is 54.1 Å². The summed E-state index contributed by atoms with van der Waals surface area (Å²) in [5.74, 6) is -0.571. The van der Waals surface area contributed by atoms with Crippen LogP contribution in [0, 0.1) is 0 Å². The number of amides is 1. The predicted molar refractivity (Wildman–Crippen MR) is 147 cm³/mol. The van der Waals surface area contributed by atoms with Crippen molar-refractivity contribution in [3.63, 3.8) is 0 Å². The minimum Gasteiger partial charge on any atom is -0.495 e. The standard InChI is InChI=1S/C26H34N6O6S/c1-38-23-16-18(8-9-22(23)32-14-10-19(11-15-32)30-26-27-12-5-13-28-26)24(33)29-17-21(25(34)35)31-39(36,37)20-6-3-2-4-7-20/h2-4,6-9,16,19,21,31H,5,10-15,17H2,1H3,(H,29,33)(H,34,35)(H2,27,28,30)/t21-/m1/s1. The topological polar surface area (TPSA) is 161 Å². The number of hydrogen-bond donors (Lipinski definition) is 5. The summed E-state index contributed by atoms with van der Waals surface area (Å²) in [5, 5.41) is 18.8. The third-order valence-electron chi connectivity index (χ3n) is 6.63. The number of sulfonamides is 1. The molecule has 0 radical (unpaired) electrons. The average molecular weight is 559 g/mol. The maximum Gasteiger partial charge on any atom is 0.323 e. The van der Waals surface area contributed by atoms with E-state index in [1.807, 2.05) is 0 Å². The molecular weight excluding hydrogens is 524 g/mol. The molecule has 2 heterocycles. The second-order valence-corrected chi connectivity index (χ2v) is 11.1. The van der Waals surface area contributed by atoms with Gasteiger partial charge >= 0.3 is 5.97 Å². The van der Waals surface area contributed by atoms with Crippen molar-refractivity contribution in [3.8, 4) is 5.75 Å². The summed E-state index contributed by atoms with van der Waals surface area (Å²) < 4.78 is 32.8. The predicted octanol–water partition coefficient (Wildman–Crippen LogP) is 0.764. The van der Waals surface area contributed by atoms with E-state index in [4.69, 9.17) is 4.74 Å². The van der Waals surface area contributed by atoms with Crippen molar-refractivity contribution < 1.29 is 27.9 Å². The van der Waals surface area contributed by atoms with Crippen molar-refractivity contribution in [2.45, 2.75) is 36.2 Å². The summed E-state index contributed by atoms with van der Waals surface area (Å²) in [6, 6.07) is 11.2. The van der Waals surface area contributed by atoms with Gasteiger partial charge in [0.1, 0.15) is 11.8 Å². The maximum atomic E-state index is 12.8. The third kappa shape index (κ3) is 7.39. The molecule has 210 valence electrons. The number of carboxylic acids is 1. The molecule has 2 aliphatic heterocycles. The molecule has 1 fully saturated rings. The Labute approximate surface area is 227 Å². The van der Waals surface area contributed by atoms with E-state index in [0.717, 1.165) is 57.1 Å². The molecule has 1 atom stereocenters. The summed E-state index contributed by atoms with van der Waals surface area (Å²) in [4.78, 5) is 31.1. The highest BCUT2D eigenvalue weighted by atomic mass is 32.2. The quantitative estimate of drug-likeness (QED) is 0.284. The summed E-state index contributed by atoms with van der Waals surface area (Å²) in [6.45, 7) is 2.93. The van der Waals surface area contributed by atoms with Crippen molar-refractivity contribution in [1.82, 2.24) is 20.7 Å². The highest BCUT2D eigenvalue weighted by molar-refractivity contribution is 7.89. The van der Waals surface area contributed by atoms with Crippen LogP contribution in [0.15, 0.2) is 58.4 Å². The van der Waals surface area contributed by atoms with Crippen molar-refractivity contribution in [2.75, 3.05) is 44.7 Å². The monoisotopic (exact) mass is 558 g/mol. The van der Waals surface area contributed by atoms with E-state index in [2.05, 4.69) is 30.6 Å². The van der Waals surface area contributed by atoms with Gasteiger partial charge in [-0.2, -0.15) is 4.72 Å². The third-order valence-corrected chi connectivity index (χ3v) is 8.12. The van der Waals surface area contributed by atoms with Crippen LogP contribution in [0.1, 0.15) is 29.6 Å². The summed E-state index contributed by atoms with van der Waals surface area (Å²) in [7, 11) is -2.55. The van der Waals surface area contributed by atoms with Crippen LogP contribution < -0.4 is 30.3 Å². The lowest BCUT2D eigenvalue weighted by atomic mass is 10.0. The smallest absolute Gasteiger partial charge is 0.323 e. The number of methoxy groups -OCH3 is 1. The Kier molecular flexibility index (Phi) is 9.25. The van der Waals surface area contributed by atoms with Crippen LogP contribution in [-0.2, 0) is 14.8 Å². The number of nitrogens with one attached hydrogen (secondary N) is 4. The van der Waals surface area contributed by atoms with E-state index in [1.54, 1.807) is 24.3 Å². The zero-order chi connectivity index (χ0) is 27.8. The number of carbonyl (C=O) groups excluding carboxylic acids is 1. The molecule has 1 saturated heterocycles. The fourth-order valence-electron chi connectivity index (χ4n) is 4.50. The minimum atomic E-state index is -4.08. The molecule has 0 unspecified atom stereocenters. The van der Waals surface area contributed by atoms with E-state index in [9.17, 15) is 23.1 Å². The van der Waals surface area contributed by atoms with Gasteiger partial charge in [0.25, 0.3) is 5.91 Å². The first-order valence-electron chi connectivity index (χ1n) is 12.8. The normalized spacial score (nSPS) is 16.9. The molecule has 0 spiro atoms. The van der Waals surface area contributed by atoms with Gasteiger partial charge < -0.3 is 30.7 Å². The zero-order valence-electron chi connectivity index (χ0n) is 21.7. The minimum absolute atomic E-state index is 0.0675. The molecule has 12 nitrogen and oxygen atoms in total. The molecule has 2 aromatic carbocycles. The second-order valence-electron chi connectivity index (χ2n) is 9.34. The van der Waals surface area contributed by atoms with Crippen LogP contribution in [0.4, 0.5) is 5.69 Å². The molecule has 4 rings (SSSR count). The Morgan fingerprint density at radius 1 is 1.18 bits per heavy atom. The molecule has 2 aliphatic rings. The highest BCUT2D eigenvalue weighted by Crippen LogP contribution is 2.31. The largest absolute Gasteiger partial charge is 0.495 e. The first-order chi connectivity index (χ1) is 18.8. The number of ether oxygens (including phenoxy) is 1. The fraction of sp³-hybridized carbons (Fsp3) is 0.423. The number of guanidine groups is 1. The van der Waals surface area contributed by atoms with E-state index < -0.39 is 34.5 Å². The number of aliphatic carboxylic acids is 1. The Bertz CT molecular complexity index is 1300. The highest BCUT2D eigenvalue weighted by Gasteiger charge is 2.27. The molecule has 1 amide bonds. The van der Waals surface area contributed by atoms with E-state index in [-0.39, 0.29) is 10.5 Å². The second kappa shape index (κ2) is 12.8. The molecule has 2 aromatic rings. The van der Waals surface area contributed by atoms with Gasteiger partial charge in [0.05, 0.1) is 17.7 Å². The maximum absolute atomic E-state index is 12.8. The number of carbonyl (C=O) groups is 2. The van der Waals surface area contributed by atoms with E-state index >= 15 is 0 Å². The Balaban J connectivity index is 1.35. The average Bonchev–Trinajstić information content (AvgIpc) is 2.96. The lowest BCUT2D eigenvalue weighted by Crippen LogP contribution is -2.50. The Morgan fingerprint density at radius 2 is 1.92 bits per heavy atom. The summed E-state index contributed by atoms with van der Waals surface area (Å²) >= 11 is 0. The summed E-state index contributed by atoms with van der Waals surface area (Å²) in [6.07, 6.45) is 2.88. The van der Waals surface area contributed by atoms with Crippen LogP contribution in [0.3, 0.4) is 0 Å². The van der Waals surface area contributed by atoms with Gasteiger partial charge in [0.15, 0.2) is 5.96 Å². The molecule has 0 saturated carbocycles. The molecule has 0 aliphatic carbocycles. The number of hydrogen-bond acceptors (Lipinski definition) is 9. The number of aliphatic imine (C=N–C) groups is 1. The van der Waals surface area contributed by atoms with Gasteiger partial charge in [-0.15, -0.1) is 0 Å². The number of piperidine rings is 1. The number of benzene rings is 2. The van der Waals surface area contributed by atoms with E-state index in [1.165, 1.54) is 31.4 Å². The number of anilines is 1. The van der Waals surface area contributed by atoms with Crippen molar-refractivity contribution >= 4 is 33.5 Å². The van der Waals surface area contributed by atoms with Gasteiger partial charge in [-0.05, 0) is 49.6 Å². The number of rotatable bonds is 10. The summed E-state index contributed by atoms with van der Waals surface area (Å²) in [5.41, 5.74) is 1.13. The zero-order valence-corrected chi connectivity index (χ0v) is 22.5. The lowest BCUT2D eigenvalue weighted by Gasteiger charge is -2.35. The first-order valence-corrected chi connectivity index (χ1v) is 14.3. The van der Waals surface area contributed by atoms with Gasteiger partial charge in [0.2, 0.25) is 10.0 Å². The number of carboxylic acid groups (broad SMARTS) is 1. The van der Waals surface area contributed by atoms with Gasteiger partial charge in [-0.3, -0.25) is 14.6 Å². The van der Waals surface area contributed by atoms with Crippen LogP contribution in [0.5, 0.6) is 5.75 Å². The number of nitrogens with zero attached hydrogens (tertiary/aromatic N) is 2. The van der Waals surface area contributed by atoms with Gasteiger partial charge in [-0.1, -0.05) is 18.2 Å². The molecule has 0 bridgehead atoms. The van der Waals surface area contributed by atoms with Crippen LogP contribution in [0.25, 0.3) is 0 Å². The van der Waals surface area contributed by atoms with Gasteiger partial charge in [-0.25, -0.2) is 8.42 Å². The van der Waals surface area contributed by atoms with Crippen LogP contribution in [0.2, 0.25) is 0 Å². The van der Waals surface area contributed by atoms with Gasteiger partial charge in [0, 0.05) is 44.3 Å². The molecule has 5 N–H and O–H groups in total. The molecule has 39 heavy (non-hydrogen) atoms. The lowest BCUT2D eigenvalue weighted by molar-refractivity contribution is -0.138. The molecule has 13 heteroatoms. The van der Waals surface area contributed by atoms with Crippen molar-refractivity contribution in [2.24, 2.45) is 4.99 Å². The van der Waals surface area contributed by atoms with Crippen molar-refractivity contribution in [1.29, 1.82) is 0 Å². The Hall–Kier alpha value is -3.84. The SMILES string of the molecule is COc1cc(C(=O)NC[C@@H](NS(=O)(=O)c2ccccc2)C(=O)O)ccc1N1CCC(NC2=NCCCN2)CC1. The van der Waals surface area contributed by atoms with Crippen LogP contribution >= 0.6 is 0 Å².